The van der Waals surface area contributed by atoms with E-state index in [1.54, 1.807) is 24.3 Å². The van der Waals surface area contributed by atoms with Crippen LogP contribution in [0.25, 0.3) is 0 Å². The fraction of sp³-hybridized carbons (Fsp3) is 0.533. The van der Waals surface area contributed by atoms with E-state index in [0.717, 1.165) is 31.9 Å². The molecule has 122 valence electrons. The Balaban J connectivity index is 2.08. The summed E-state index contributed by atoms with van der Waals surface area (Å²) in [6.45, 7) is -0.165. The largest absolute Gasteiger partial charge is 0.495 e. The van der Waals surface area contributed by atoms with Crippen LogP contribution in [0, 0.1) is 0 Å². The van der Waals surface area contributed by atoms with Gasteiger partial charge in [0.1, 0.15) is 5.75 Å². The third kappa shape index (κ3) is 4.20. The fourth-order valence-corrected chi connectivity index (χ4v) is 3.89. The van der Waals surface area contributed by atoms with E-state index in [-0.39, 0.29) is 18.5 Å². The second kappa shape index (κ2) is 7.11. The number of nitrogens with zero attached hydrogens (tertiary/aromatic N) is 1. The summed E-state index contributed by atoms with van der Waals surface area (Å²) in [5.41, 5.74) is 0.537. The molecule has 6 nitrogen and oxygen atoms in total. The first-order valence-corrected chi connectivity index (χ1v) is 9.16. The molecular weight excluding hydrogens is 304 g/mol. The van der Waals surface area contributed by atoms with Crippen LogP contribution in [0.15, 0.2) is 24.3 Å². The van der Waals surface area contributed by atoms with Gasteiger partial charge in [-0.05, 0) is 25.0 Å². The molecule has 1 N–H and O–H groups in total. The van der Waals surface area contributed by atoms with Gasteiger partial charge in [0.25, 0.3) is 0 Å². The van der Waals surface area contributed by atoms with Gasteiger partial charge < -0.3 is 10.1 Å². The third-order valence-corrected chi connectivity index (χ3v) is 5.12. The van der Waals surface area contributed by atoms with E-state index in [4.69, 9.17) is 4.74 Å². The molecule has 0 radical (unpaired) electrons. The Labute approximate surface area is 131 Å². The number of methoxy groups -OCH3 is 1. The van der Waals surface area contributed by atoms with Crippen molar-refractivity contribution in [2.75, 3.05) is 25.2 Å². The van der Waals surface area contributed by atoms with Gasteiger partial charge in [-0.25, -0.2) is 8.42 Å². The molecule has 1 aromatic rings. The maximum atomic E-state index is 12.2. The zero-order valence-corrected chi connectivity index (χ0v) is 13.7. The zero-order valence-electron chi connectivity index (χ0n) is 12.9. The molecule has 1 amide bonds. The lowest BCUT2D eigenvalue weighted by atomic mass is 10.2. The monoisotopic (exact) mass is 326 g/mol. The van der Waals surface area contributed by atoms with Crippen molar-refractivity contribution in [3.63, 3.8) is 0 Å². The summed E-state index contributed by atoms with van der Waals surface area (Å²) < 4.78 is 30.4. The molecule has 0 saturated heterocycles. The second-order valence-electron chi connectivity index (χ2n) is 5.49. The Hall–Kier alpha value is -1.60. The van der Waals surface area contributed by atoms with Gasteiger partial charge in [0.15, 0.2) is 0 Å². The van der Waals surface area contributed by atoms with Crippen molar-refractivity contribution in [1.29, 1.82) is 0 Å². The average Bonchev–Trinajstić information content (AvgIpc) is 2.98. The molecule has 0 heterocycles. The maximum Gasteiger partial charge on any atom is 0.239 e. The number of carbonyl (C=O) groups excluding carboxylic acids is 1. The Morgan fingerprint density at radius 1 is 1.32 bits per heavy atom. The van der Waals surface area contributed by atoms with E-state index in [1.807, 2.05) is 0 Å². The highest BCUT2D eigenvalue weighted by atomic mass is 32.2. The summed E-state index contributed by atoms with van der Waals surface area (Å²) in [4.78, 5) is 12.2. The summed E-state index contributed by atoms with van der Waals surface area (Å²) in [6.07, 6.45) is 4.79. The molecule has 0 spiro atoms. The smallest absolute Gasteiger partial charge is 0.239 e. The summed E-state index contributed by atoms with van der Waals surface area (Å²) >= 11 is 0. The summed E-state index contributed by atoms with van der Waals surface area (Å²) in [7, 11) is -1.89. The van der Waals surface area contributed by atoms with Crippen molar-refractivity contribution in [3.8, 4) is 5.75 Å². The van der Waals surface area contributed by atoms with Crippen molar-refractivity contribution in [1.82, 2.24) is 4.31 Å². The van der Waals surface area contributed by atoms with Crippen LogP contribution in [-0.2, 0) is 14.8 Å². The first-order chi connectivity index (χ1) is 10.4. The van der Waals surface area contributed by atoms with Crippen LogP contribution in [0.3, 0.4) is 0 Å². The van der Waals surface area contributed by atoms with Gasteiger partial charge in [-0.15, -0.1) is 0 Å². The van der Waals surface area contributed by atoms with E-state index in [2.05, 4.69) is 5.32 Å². The molecule has 0 bridgehead atoms. The predicted molar refractivity (Wildman–Crippen MR) is 85.4 cm³/mol. The number of hydrogen-bond acceptors (Lipinski definition) is 4. The normalized spacial score (nSPS) is 16.0. The van der Waals surface area contributed by atoms with Crippen molar-refractivity contribution < 1.29 is 17.9 Å². The summed E-state index contributed by atoms with van der Waals surface area (Å²) in [6, 6.07) is 6.97. The van der Waals surface area contributed by atoms with E-state index in [9.17, 15) is 13.2 Å². The van der Waals surface area contributed by atoms with E-state index in [1.165, 1.54) is 11.4 Å². The number of ether oxygens (including phenoxy) is 1. The standard InChI is InChI=1S/C15H22N2O4S/c1-21-14-10-6-5-9-13(14)16-15(18)11-17(22(2,19)20)12-7-3-4-8-12/h5-6,9-10,12H,3-4,7-8,11H2,1-2H3,(H,16,18). The zero-order chi connectivity index (χ0) is 16.2. The minimum atomic E-state index is -3.41. The van der Waals surface area contributed by atoms with Crippen LogP contribution in [0.1, 0.15) is 25.7 Å². The van der Waals surface area contributed by atoms with Gasteiger partial charge in [-0.2, -0.15) is 4.31 Å². The number of amides is 1. The SMILES string of the molecule is COc1ccccc1NC(=O)CN(C1CCCC1)S(C)(=O)=O. The van der Waals surface area contributed by atoms with Gasteiger partial charge in [0.05, 0.1) is 25.6 Å². The number of anilines is 1. The maximum absolute atomic E-state index is 12.2. The Bertz CT molecular complexity index is 624. The molecule has 1 saturated carbocycles. The van der Waals surface area contributed by atoms with Crippen molar-refractivity contribution in [2.45, 2.75) is 31.7 Å². The molecule has 1 aromatic carbocycles. The first kappa shape index (κ1) is 16.8. The van der Waals surface area contributed by atoms with Crippen molar-refractivity contribution in [2.24, 2.45) is 0 Å². The Kier molecular flexibility index (Phi) is 5.42. The molecule has 1 aliphatic carbocycles. The minimum Gasteiger partial charge on any atom is -0.495 e. The topological polar surface area (TPSA) is 75.7 Å². The molecule has 0 aliphatic heterocycles. The van der Waals surface area contributed by atoms with Crippen LogP contribution in [0.5, 0.6) is 5.75 Å². The lowest BCUT2D eigenvalue weighted by Gasteiger charge is -2.25. The van der Waals surface area contributed by atoms with Gasteiger partial charge in [0, 0.05) is 6.04 Å². The highest BCUT2D eigenvalue weighted by Gasteiger charge is 2.30. The van der Waals surface area contributed by atoms with Crippen LogP contribution in [0.4, 0.5) is 5.69 Å². The molecule has 1 fully saturated rings. The van der Waals surface area contributed by atoms with Crippen LogP contribution >= 0.6 is 0 Å². The van der Waals surface area contributed by atoms with Gasteiger partial charge in [-0.1, -0.05) is 25.0 Å². The van der Waals surface area contributed by atoms with Crippen molar-refractivity contribution in [3.05, 3.63) is 24.3 Å². The molecule has 7 heteroatoms. The highest BCUT2D eigenvalue weighted by molar-refractivity contribution is 7.88. The number of para-hydroxylation sites is 2. The number of benzene rings is 1. The first-order valence-electron chi connectivity index (χ1n) is 7.31. The molecule has 0 unspecified atom stereocenters. The average molecular weight is 326 g/mol. The molecule has 0 atom stereocenters. The third-order valence-electron chi connectivity index (χ3n) is 3.84. The Morgan fingerprint density at radius 3 is 2.55 bits per heavy atom. The van der Waals surface area contributed by atoms with Crippen LogP contribution < -0.4 is 10.1 Å². The molecule has 2 rings (SSSR count). The Morgan fingerprint density at radius 2 is 1.95 bits per heavy atom. The van der Waals surface area contributed by atoms with Gasteiger partial charge >= 0.3 is 0 Å². The van der Waals surface area contributed by atoms with Crippen molar-refractivity contribution >= 4 is 21.6 Å². The van der Waals surface area contributed by atoms with Crippen LogP contribution in [-0.4, -0.2) is 44.6 Å². The number of carbonyl (C=O) groups is 1. The lowest BCUT2D eigenvalue weighted by molar-refractivity contribution is -0.116. The summed E-state index contributed by atoms with van der Waals surface area (Å²) in [5.74, 6) is 0.185. The fourth-order valence-electron chi connectivity index (χ4n) is 2.79. The number of sulfonamides is 1. The van der Waals surface area contributed by atoms with Crippen LogP contribution in [0.2, 0.25) is 0 Å². The van der Waals surface area contributed by atoms with E-state index in [0.29, 0.717) is 11.4 Å². The number of rotatable bonds is 6. The van der Waals surface area contributed by atoms with Gasteiger partial charge in [0.2, 0.25) is 15.9 Å². The predicted octanol–water partition coefficient (Wildman–Crippen LogP) is 1.84. The quantitative estimate of drug-likeness (QED) is 0.865. The molecule has 0 aromatic heterocycles. The van der Waals surface area contributed by atoms with E-state index < -0.39 is 10.0 Å². The lowest BCUT2D eigenvalue weighted by Crippen LogP contribution is -2.43. The number of nitrogens with one attached hydrogen (secondary N) is 1. The number of hydrogen-bond donors (Lipinski definition) is 1. The molecular formula is C15H22N2O4S. The molecule has 22 heavy (non-hydrogen) atoms. The van der Waals surface area contributed by atoms with E-state index >= 15 is 0 Å². The minimum absolute atomic E-state index is 0.0709. The second-order valence-corrected chi connectivity index (χ2v) is 7.43. The van der Waals surface area contributed by atoms with Gasteiger partial charge in [-0.3, -0.25) is 4.79 Å². The highest BCUT2D eigenvalue weighted by Crippen LogP contribution is 2.26. The summed E-state index contributed by atoms with van der Waals surface area (Å²) in [5, 5.41) is 2.72. The molecule has 1 aliphatic rings.